The van der Waals surface area contributed by atoms with Gasteiger partial charge < -0.3 is 14.5 Å². The lowest BCUT2D eigenvalue weighted by Crippen LogP contribution is -2.46. The van der Waals surface area contributed by atoms with Crippen molar-refractivity contribution in [3.05, 3.63) is 41.2 Å². The number of ketones is 1. The molecule has 2 saturated heterocycles. The molecule has 3 heterocycles. The van der Waals surface area contributed by atoms with Gasteiger partial charge in [0.1, 0.15) is 11.5 Å². The van der Waals surface area contributed by atoms with Gasteiger partial charge in [-0.1, -0.05) is 0 Å². The van der Waals surface area contributed by atoms with Gasteiger partial charge in [0.15, 0.2) is 10.9 Å². The van der Waals surface area contributed by atoms with Crippen molar-refractivity contribution in [2.45, 2.75) is 12.8 Å². The molecular weight excluding hydrogens is 391 g/mol. The van der Waals surface area contributed by atoms with E-state index < -0.39 is 0 Å². The fourth-order valence-corrected chi connectivity index (χ4v) is 4.65. The molecule has 0 bridgehead atoms. The van der Waals surface area contributed by atoms with Gasteiger partial charge in [0.05, 0.1) is 13.2 Å². The van der Waals surface area contributed by atoms with Crippen LogP contribution in [-0.4, -0.2) is 74.7 Å². The van der Waals surface area contributed by atoms with Crippen LogP contribution in [0.5, 0.6) is 0 Å². The normalized spacial score (nSPS) is 18.2. The Kier molecular flexibility index (Phi) is 6.74. The van der Waals surface area contributed by atoms with E-state index in [0.29, 0.717) is 12.1 Å². The molecule has 1 aromatic carbocycles. The van der Waals surface area contributed by atoms with E-state index in [1.165, 1.54) is 12.1 Å². The molecule has 2 aliphatic rings. The van der Waals surface area contributed by atoms with Gasteiger partial charge in [0.2, 0.25) is 0 Å². The highest BCUT2D eigenvalue weighted by molar-refractivity contribution is 7.13. The highest BCUT2D eigenvalue weighted by Crippen LogP contribution is 2.24. The van der Waals surface area contributed by atoms with Crippen LogP contribution in [0.1, 0.15) is 23.3 Å². The standard InChI is InChI=1S/C21H27FN4O2S/c22-17-3-5-18(6-4-17)25-8-10-26(11-9-25)21-23-19(16-29-21)20(27)2-1-7-24-12-14-28-15-13-24/h3-6,16H,1-2,7-15H2. The summed E-state index contributed by atoms with van der Waals surface area (Å²) >= 11 is 1.54. The molecule has 2 aromatic rings. The van der Waals surface area contributed by atoms with E-state index in [-0.39, 0.29) is 11.6 Å². The van der Waals surface area contributed by atoms with E-state index in [2.05, 4.69) is 19.7 Å². The summed E-state index contributed by atoms with van der Waals surface area (Å²) < 4.78 is 18.5. The first kappa shape index (κ1) is 20.3. The second kappa shape index (κ2) is 9.65. The average Bonchev–Trinajstić information content (AvgIpc) is 3.26. The number of hydrogen-bond acceptors (Lipinski definition) is 7. The molecule has 6 nitrogen and oxygen atoms in total. The van der Waals surface area contributed by atoms with E-state index in [4.69, 9.17) is 4.74 Å². The summed E-state index contributed by atoms with van der Waals surface area (Å²) in [6.07, 6.45) is 1.40. The summed E-state index contributed by atoms with van der Waals surface area (Å²) in [5.41, 5.74) is 1.63. The maximum absolute atomic E-state index is 13.1. The Hall–Kier alpha value is -2.03. The first-order valence-corrected chi connectivity index (χ1v) is 11.1. The van der Waals surface area contributed by atoms with Gasteiger partial charge in [-0.15, -0.1) is 11.3 Å². The van der Waals surface area contributed by atoms with Crippen LogP contribution in [0.3, 0.4) is 0 Å². The molecule has 156 valence electrons. The van der Waals surface area contributed by atoms with Crippen LogP contribution in [0.15, 0.2) is 29.6 Å². The third kappa shape index (κ3) is 5.32. The number of anilines is 2. The quantitative estimate of drug-likeness (QED) is 0.645. The highest BCUT2D eigenvalue weighted by Gasteiger charge is 2.21. The molecule has 4 rings (SSSR count). The first-order valence-electron chi connectivity index (χ1n) is 10.2. The van der Waals surface area contributed by atoms with Crippen LogP contribution in [0.25, 0.3) is 0 Å². The molecule has 0 radical (unpaired) electrons. The zero-order valence-corrected chi connectivity index (χ0v) is 17.4. The van der Waals surface area contributed by atoms with Crippen molar-refractivity contribution in [3.63, 3.8) is 0 Å². The number of rotatable bonds is 7. The molecule has 0 unspecified atom stereocenters. The number of nitrogens with zero attached hydrogens (tertiary/aromatic N) is 4. The van der Waals surface area contributed by atoms with E-state index in [1.807, 2.05) is 17.5 Å². The van der Waals surface area contributed by atoms with E-state index >= 15 is 0 Å². The Labute approximate surface area is 174 Å². The minimum absolute atomic E-state index is 0.130. The third-order valence-corrected chi connectivity index (χ3v) is 6.40. The fraction of sp³-hybridized carbons (Fsp3) is 0.524. The molecule has 29 heavy (non-hydrogen) atoms. The highest BCUT2D eigenvalue weighted by atomic mass is 32.1. The molecule has 0 atom stereocenters. The topological polar surface area (TPSA) is 48.9 Å². The zero-order chi connectivity index (χ0) is 20.1. The predicted molar refractivity (Wildman–Crippen MR) is 114 cm³/mol. The molecule has 2 fully saturated rings. The number of ether oxygens (including phenoxy) is 1. The number of aromatic nitrogens is 1. The van der Waals surface area contributed by atoms with E-state index in [9.17, 15) is 9.18 Å². The molecule has 2 aliphatic heterocycles. The number of hydrogen-bond donors (Lipinski definition) is 0. The monoisotopic (exact) mass is 418 g/mol. The van der Waals surface area contributed by atoms with Crippen molar-refractivity contribution in [3.8, 4) is 0 Å². The fourth-order valence-electron chi connectivity index (χ4n) is 3.76. The smallest absolute Gasteiger partial charge is 0.186 e. The van der Waals surface area contributed by atoms with Crippen molar-refractivity contribution in [2.75, 3.05) is 68.8 Å². The number of halogens is 1. The minimum atomic E-state index is -0.211. The SMILES string of the molecule is O=C(CCCN1CCOCC1)c1csc(N2CCN(c3ccc(F)cc3)CC2)n1. The number of piperazine rings is 1. The van der Waals surface area contributed by atoms with Crippen molar-refractivity contribution in [2.24, 2.45) is 0 Å². The molecule has 0 aliphatic carbocycles. The van der Waals surface area contributed by atoms with E-state index in [0.717, 1.165) is 76.3 Å². The summed E-state index contributed by atoms with van der Waals surface area (Å²) in [5, 5.41) is 2.80. The van der Waals surface area contributed by atoms with Gasteiger partial charge in [0, 0.05) is 56.8 Å². The first-order chi connectivity index (χ1) is 14.2. The summed E-state index contributed by atoms with van der Waals surface area (Å²) in [4.78, 5) is 23.9. The Morgan fingerprint density at radius 1 is 1.03 bits per heavy atom. The van der Waals surface area contributed by atoms with Crippen molar-refractivity contribution in [1.82, 2.24) is 9.88 Å². The molecule has 0 N–H and O–H groups in total. The number of morpholine rings is 1. The van der Waals surface area contributed by atoms with Crippen LogP contribution < -0.4 is 9.80 Å². The van der Waals surface area contributed by atoms with Gasteiger partial charge in [-0.05, 0) is 37.2 Å². The zero-order valence-electron chi connectivity index (χ0n) is 16.6. The van der Waals surface area contributed by atoms with Crippen LogP contribution in [0.2, 0.25) is 0 Å². The minimum Gasteiger partial charge on any atom is -0.379 e. The second-order valence-electron chi connectivity index (χ2n) is 7.45. The molecule has 0 saturated carbocycles. The van der Waals surface area contributed by atoms with Crippen LogP contribution in [-0.2, 0) is 4.74 Å². The van der Waals surface area contributed by atoms with Gasteiger partial charge >= 0.3 is 0 Å². The van der Waals surface area contributed by atoms with Gasteiger partial charge in [-0.3, -0.25) is 9.69 Å². The van der Waals surface area contributed by atoms with Crippen molar-refractivity contribution in [1.29, 1.82) is 0 Å². The number of benzene rings is 1. The Morgan fingerprint density at radius 3 is 2.45 bits per heavy atom. The van der Waals surface area contributed by atoms with Crippen molar-refractivity contribution >= 4 is 27.9 Å². The van der Waals surface area contributed by atoms with Crippen LogP contribution in [0, 0.1) is 5.82 Å². The maximum atomic E-state index is 13.1. The maximum Gasteiger partial charge on any atom is 0.186 e. The van der Waals surface area contributed by atoms with Gasteiger partial charge in [0.25, 0.3) is 0 Å². The summed E-state index contributed by atoms with van der Waals surface area (Å²) in [6.45, 7) is 7.83. The predicted octanol–water partition coefficient (Wildman–Crippen LogP) is 2.90. The molecular formula is C21H27FN4O2S. The number of Topliss-reactive ketones (excluding diaryl/α,β-unsaturated/α-hetero) is 1. The largest absolute Gasteiger partial charge is 0.379 e. The number of thiazole rings is 1. The van der Waals surface area contributed by atoms with Crippen LogP contribution in [0.4, 0.5) is 15.2 Å². The van der Waals surface area contributed by atoms with Gasteiger partial charge in [-0.2, -0.15) is 0 Å². The molecule has 1 aromatic heterocycles. The number of carbonyl (C=O) groups is 1. The summed E-state index contributed by atoms with van der Waals surface area (Å²) in [7, 11) is 0. The Balaban J connectivity index is 1.24. The third-order valence-electron chi connectivity index (χ3n) is 5.50. The lowest BCUT2D eigenvalue weighted by atomic mass is 10.2. The van der Waals surface area contributed by atoms with Gasteiger partial charge in [-0.25, -0.2) is 9.37 Å². The molecule has 8 heteroatoms. The second-order valence-corrected chi connectivity index (χ2v) is 8.28. The molecule has 0 spiro atoms. The average molecular weight is 419 g/mol. The number of carbonyl (C=O) groups excluding carboxylic acids is 1. The lowest BCUT2D eigenvalue weighted by Gasteiger charge is -2.36. The van der Waals surface area contributed by atoms with Crippen molar-refractivity contribution < 1.29 is 13.9 Å². The Morgan fingerprint density at radius 2 is 1.72 bits per heavy atom. The Bertz CT molecular complexity index is 799. The molecule has 0 amide bonds. The van der Waals surface area contributed by atoms with E-state index in [1.54, 1.807) is 11.3 Å². The van der Waals surface area contributed by atoms with Crippen LogP contribution >= 0.6 is 11.3 Å². The lowest BCUT2D eigenvalue weighted by molar-refractivity contribution is 0.0371. The summed E-state index contributed by atoms with van der Waals surface area (Å²) in [6, 6.07) is 6.64. The summed E-state index contributed by atoms with van der Waals surface area (Å²) in [5.74, 6) is -0.0805.